The summed E-state index contributed by atoms with van der Waals surface area (Å²) in [6.07, 6.45) is 4.03. The molecule has 2 rings (SSSR count). The lowest BCUT2D eigenvalue weighted by atomic mass is 10.1. The quantitative estimate of drug-likeness (QED) is 0.430. The van der Waals surface area contributed by atoms with Crippen LogP contribution in [0.25, 0.3) is 0 Å². The molecule has 1 saturated heterocycles. The minimum absolute atomic E-state index is 0.0205. The van der Waals surface area contributed by atoms with Crippen molar-refractivity contribution in [3.8, 4) is 5.75 Å². The molecule has 1 N–H and O–H groups in total. The largest absolute Gasteiger partial charge is 0.480 e. The monoisotopic (exact) mass is 373 g/mol. The van der Waals surface area contributed by atoms with Gasteiger partial charge in [0, 0.05) is 18.9 Å². The van der Waals surface area contributed by atoms with Crippen LogP contribution < -0.4 is 10.1 Å². The first-order chi connectivity index (χ1) is 12.9. The molecule has 1 aromatic carbocycles. The number of piperidine rings is 1. The van der Waals surface area contributed by atoms with Crippen LogP contribution in [0.1, 0.15) is 18.4 Å². The van der Waals surface area contributed by atoms with E-state index in [9.17, 15) is 18.8 Å². The lowest BCUT2D eigenvalue weighted by Crippen LogP contribution is -2.46. The van der Waals surface area contributed by atoms with Gasteiger partial charge in [-0.1, -0.05) is 37.5 Å². The third-order valence-corrected chi connectivity index (χ3v) is 3.82. The molecule has 0 saturated carbocycles. The van der Waals surface area contributed by atoms with Gasteiger partial charge in [-0.15, -0.1) is 0 Å². The Hall–Kier alpha value is -3.22. The molecule has 27 heavy (non-hydrogen) atoms. The molecule has 142 valence electrons. The van der Waals surface area contributed by atoms with E-state index in [1.54, 1.807) is 12.2 Å². The van der Waals surface area contributed by atoms with E-state index in [0.29, 0.717) is 5.57 Å². The SMILES string of the molecule is C=C/C=C(\C=C)COC(=O)Cc1ccc(OC2CCC(=O)NC2=O)cc1F. The first-order valence-corrected chi connectivity index (χ1v) is 8.31. The normalized spacial score (nSPS) is 17.1. The maximum atomic E-state index is 14.2. The fourth-order valence-electron chi connectivity index (χ4n) is 2.39. The van der Waals surface area contributed by atoms with Gasteiger partial charge in [0.2, 0.25) is 5.91 Å². The van der Waals surface area contributed by atoms with Gasteiger partial charge in [0.05, 0.1) is 6.42 Å². The Balaban J connectivity index is 1.94. The zero-order valence-corrected chi connectivity index (χ0v) is 14.7. The summed E-state index contributed by atoms with van der Waals surface area (Å²) >= 11 is 0. The third kappa shape index (κ3) is 5.91. The topological polar surface area (TPSA) is 81.7 Å². The van der Waals surface area contributed by atoms with Crippen LogP contribution >= 0.6 is 0 Å². The minimum Gasteiger partial charge on any atom is -0.480 e. The van der Waals surface area contributed by atoms with E-state index < -0.39 is 23.8 Å². The molecule has 0 aromatic heterocycles. The molecule has 0 bridgehead atoms. The molecule has 2 amide bonds. The van der Waals surface area contributed by atoms with Crippen LogP contribution in [0, 0.1) is 5.82 Å². The van der Waals surface area contributed by atoms with Crippen molar-refractivity contribution in [2.45, 2.75) is 25.4 Å². The third-order valence-electron chi connectivity index (χ3n) is 3.82. The van der Waals surface area contributed by atoms with Crippen LogP contribution in [0.4, 0.5) is 4.39 Å². The molecule has 7 heteroatoms. The van der Waals surface area contributed by atoms with Gasteiger partial charge in [0.1, 0.15) is 18.2 Å². The van der Waals surface area contributed by atoms with Gasteiger partial charge in [-0.25, -0.2) is 4.39 Å². The Bertz CT molecular complexity index is 800. The van der Waals surface area contributed by atoms with Gasteiger partial charge < -0.3 is 9.47 Å². The van der Waals surface area contributed by atoms with Gasteiger partial charge in [0.15, 0.2) is 6.10 Å². The number of carbonyl (C=O) groups excluding carboxylic acids is 3. The van der Waals surface area contributed by atoms with E-state index in [-0.39, 0.29) is 43.1 Å². The average molecular weight is 373 g/mol. The summed E-state index contributed by atoms with van der Waals surface area (Å²) in [5.74, 6) is -2.01. The van der Waals surface area contributed by atoms with Crippen molar-refractivity contribution in [3.63, 3.8) is 0 Å². The highest BCUT2D eigenvalue weighted by atomic mass is 19.1. The van der Waals surface area contributed by atoms with Gasteiger partial charge in [0.25, 0.3) is 5.91 Å². The summed E-state index contributed by atoms with van der Waals surface area (Å²) in [5.41, 5.74) is 0.815. The number of rotatable bonds is 8. The van der Waals surface area contributed by atoms with Crippen molar-refractivity contribution < 1.29 is 28.2 Å². The maximum Gasteiger partial charge on any atom is 0.310 e. The summed E-state index contributed by atoms with van der Waals surface area (Å²) in [7, 11) is 0. The average Bonchev–Trinajstić information content (AvgIpc) is 2.63. The predicted octanol–water partition coefficient (Wildman–Crippen LogP) is 2.39. The molecular weight excluding hydrogens is 353 g/mol. The highest BCUT2D eigenvalue weighted by Gasteiger charge is 2.28. The number of imide groups is 1. The van der Waals surface area contributed by atoms with Crippen LogP contribution in [-0.2, 0) is 25.5 Å². The molecule has 0 aliphatic carbocycles. The van der Waals surface area contributed by atoms with Crippen LogP contribution in [0.15, 0.2) is 55.2 Å². The number of amides is 2. The number of ether oxygens (including phenoxy) is 2. The summed E-state index contributed by atoms with van der Waals surface area (Å²) in [6, 6.07) is 3.95. The van der Waals surface area contributed by atoms with Gasteiger partial charge in [-0.3, -0.25) is 19.7 Å². The van der Waals surface area contributed by atoms with E-state index in [1.807, 2.05) is 0 Å². The molecule has 1 aromatic rings. The molecule has 1 aliphatic rings. The standard InChI is InChI=1S/C20H20FNO5/c1-3-5-13(4-2)12-26-19(24)10-14-6-7-15(11-16(14)21)27-17-8-9-18(23)22-20(17)25/h3-7,11,17H,1-2,8-10,12H2,(H,22,23,25)/b13-5+. The van der Waals surface area contributed by atoms with Crippen LogP contribution in [0.3, 0.4) is 0 Å². The molecule has 1 aliphatic heterocycles. The highest BCUT2D eigenvalue weighted by Crippen LogP contribution is 2.21. The Kier molecular flexibility index (Phi) is 7.05. The first kappa shape index (κ1) is 20.1. The molecule has 6 nitrogen and oxygen atoms in total. The van der Waals surface area contributed by atoms with Crippen LogP contribution in [-0.4, -0.2) is 30.5 Å². The molecule has 1 fully saturated rings. The number of carbonyl (C=O) groups is 3. The molecule has 1 heterocycles. The number of esters is 1. The zero-order chi connectivity index (χ0) is 19.8. The number of halogens is 1. The van der Waals surface area contributed by atoms with Crippen molar-refractivity contribution >= 4 is 17.8 Å². The summed E-state index contributed by atoms with van der Waals surface area (Å²) in [5, 5.41) is 2.16. The fourth-order valence-corrected chi connectivity index (χ4v) is 2.39. The van der Waals surface area contributed by atoms with Crippen LogP contribution in [0.5, 0.6) is 5.75 Å². The number of benzene rings is 1. The maximum absolute atomic E-state index is 14.2. The molecule has 0 spiro atoms. The Morgan fingerprint density at radius 3 is 2.74 bits per heavy atom. The van der Waals surface area contributed by atoms with Crippen LogP contribution in [0.2, 0.25) is 0 Å². The van der Waals surface area contributed by atoms with E-state index in [4.69, 9.17) is 9.47 Å². The fraction of sp³-hybridized carbons (Fsp3) is 0.250. The van der Waals surface area contributed by atoms with Gasteiger partial charge >= 0.3 is 5.97 Å². The Morgan fingerprint density at radius 1 is 1.33 bits per heavy atom. The Labute approximate surface area is 156 Å². The van der Waals surface area contributed by atoms with Gasteiger partial charge in [-0.05, 0) is 17.2 Å². The zero-order valence-electron chi connectivity index (χ0n) is 14.7. The molecule has 1 atom stereocenters. The van der Waals surface area contributed by atoms with Crippen molar-refractivity contribution in [2.75, 3.05) is 6.61 Å². The number of nitrogens with one attached hydrogen (secondary N) is 1. The van der Waals surface area contributed by atoms with E-state index in [2.05, 4.69) is 18.5 Å². The lowest BCUT2D eigenvalue weighted by Gasteiger charge is -2.22. The minimum atomic E-state index is -0.855. The highest BCUT2D eigenvalue weighted by molar-refractivity contribution is 5.99. The first-order valence-electron chi connectivity index (χ1n) is 8.31. The van der Waals surface area contributed by atoms with E-state index >= 15 is 0 Å². The van der Waals surface area contributed by atoms with E-state index in [0.717, 1.165) is 6.07 Å². The second-order valence-corrected chi connectivity index (χ2v) is 5.83. The summed E-state index contributed by atoms with van der Waals surface area (Å²) in [6.45, 7) is 7.16. The summed E-state index contributed by atoms with van der Waals surface area (Å²) in [4.78, 5) is 34.7. The second-order valence-electron chi connectivity index (χ2n) is 5.83. The molecule has 1 unspecified atom stereocenters. The van der Waals surface area contributed by atoms with Crippen molar-refractivity contribution in [1.29, 1.82) is 0 Å². The second kappa shape index (κ2) is 9.47. The Morgan fingerprint density at radius 2 is 2.11 bits per heavy atom. The number of allylic oxidation sites excluding steroid dienone is 2. The smallest absolute Gasteiger partial charge is 0.310 e. The number of hydrogen-bond acceptors (Lipinski definition) is 5. The van der Waals surface area contributed by atoms with Gasteiger partial charge in [-0.2, -0.15) is 0 Å². The molecular formula is C20H20FNO5. The molecule has 0 radical (unpaired) electrons. The van der Waals surface area contributed by atoms with E-state index in [1.165, 1.54) is 18.2 Å². The summed E-state index contributed by atoms with van der Waals surface area (Å²) < 4.78 is 24.7. The number of hydrogen-bond donors (Lipinski definition) is 1. The van der Waals surface area contributed by atoms with Crippen molar-refractivity contribution in [3.05, 3.63) is 66.5 Å². The lowest BCUT2D eigenvalue weighted by molar-refractivity contribution is -0.142. The van der Waals surface area contributed by atoms with Crippen molar-refractivity contribution in [1.82, 2.24) is 5.32 Å². The van der Waals surface area contributed by atoms with Crippen molar-refractivity contribution in [2.24, 2.45) is 0 Å². The predicted molar refractivity (Wildman–Crippen MR) is 96.3 cm³/mol.